The molecule has 23 heavy (non-hydrogen) atoms. The van der Waals surface area contributed by atoms with Gasteiger partial charge in [-0.25, -0.2) is 4.39 Å². The molecule has 3 nitrogen and oxygen atoms in total. The van der Waals surface area contributed by atoms with Crippen molar-refractivity contribution in [1.29, 1.82) is 0 Å². The van der Waals surface area contributed by atoms with Gasteiger partial charge < -0.3 is 9.84 Å². The summed E-state index contributed by atoms with van der Waals surface area (Å²) in [7, 11) is 0. The lowest BCUT2D eigenvalue weighted by atomic mass is 9.95. The Kier molecular flexibility index (Phi) is 4.57. The Morgan fingerprint density at radius 2 is 1.74 bits per heavy atom. The fraction of sp³-hybridized carbons (Fsp3) is 0.235. The summed E-state index contributed by atoms with van der Waals surface area (Å²) in [4.78, 5) is 11.6. The molecule has 1 aliphatic heterocycles. The summed E-state index contributed by atoms with van der Waals surface area (Å²) < 4.78 is 17.7. The van der Waals surface area contributed by atoms with Crippen molar-refractivity contribution in [3.63, 3.8) is 0 Å². The lowest BCUT2D eigenvalue weighted by molar-refractivity contribution is -0.155. The number of halogens is 3. The van der Waals surface area contributed by atoms with Crippen LogP contribution in [-0.2, 0) is 16.0 Å². The van der Waals surface area contributed by atoms with E-state index >= 15 is 0 Å². The van der Waals surface area contributed by atoms with Gasteiger partial charge in [-0.1, -0.05) is 35.3 Å². The van der Waals surface area contributed by atoms with E-state index in [0.717, 1.165) is 11.1 Å². The number of hydrogen-bond acceptors (Lipinski definition) is 3. The normalized spacial score (nSPS) is 20.6. The van der Waals surface area contributed by atoms with Gasteiger partial charge in [-0.05, 0) is 47.4 Å². The topological polar surface area (TPSA) is 46.5 Å². The molecule has 6 heteroatoms. The molecule has 1 heterocycles. The van der Waals surface area contributed by atoms with E-state index in [9.17, 15) is 14.3 Å². The number of ether oxygens (including phenoxy) is 1. The Balaban J connectivity index is 1.89. The molecule has 0 aliphatic carbocycles. The molecule has 1 fully saturated rings. The first-order chi connectivity index (χ1) is 10.9. The smallest absolute Gasteiger partial charge is 0.311 e. The Hall–Kier alpha value is -1.62. The van der Waals surface area contributed by atoms with Crippen molar-refractivity contribution >= 4 is 29.2 Å². The van der Waals surface area contributed by atoms with E-state index in [1.165, 1.54) is 12.1 Å². The van der Waals surface area contributed by atoms with Gasteiger partial charge in [0.1, 0.15) is 5.82 Å². The SMILES string of the molecule is O=C1O[C@H](O)C[C@H]1Cc1c(Cl)cc(-c2ccc(F)cc2)cc1Cl. The van der Waals surface area contributed by atoms with Crippen molar-refractivity contribution in [2.45, 2.75) is 19.1 Å². The van der Waals surface area contributed by atoms with Gasteiger partial charge in [-0.2, -0.15) is 0 Å². The molecule has 0 spiro atoms. The number of cyclic esters (lactones) is 1. The average molecular weight is 355 g/mol. The molecule has 120 valence electrons. The number of aliphatic hydroxyl groups is 1. The number of benzene rings is 2. The average Bonchev–Trinajstić information content (AvgIpc) is 2.81. The minimum atomic E-state index is -1.07. The highest BCUT2D eigenvalue weighted by molar-refractivity contribution is 6.36. The van der Waals surface area contributed by atoms with E-state index in [1.54, 1.807) is 24.3 Å². The molecular weight excluding hydrogens is 342 g/mol. The van der Waals surface area contributed by atoms with E-state index in [2.05, 4.69) is 0 Å². The van der Waals surface area contributed by atoms with Crippen LogP contribution in [0, 0.1) is 11.7 Å². The second-order valence-electron chi connectivity index (χ2n) is 5.45. The van der Waals surface area contributed by atoms with E-state index in [1.807, 2.05) is 0 Å². The molecule has 1 aliphatic rings. The maximum absolute atomic E-state index is 13.0. The maximum Gasteiger partial charge on any atom is 0.311 e. The minimum absolute atomic E-state index is 0.227. The molecule has 0 saturated carbocycles. The Morgan fingerprint density at radius 1 is 1.13 bits per heavy atom. The van der Waals surface area contributed by atoms with E-state index in [4.69, 9.17) is 27.9 Å². The summed E-state index contributed by atoms with van der Waals surface area (Å²) in [6, 6.07) is 9.46. The second-order valence-corrected chi connectivity index (χ2v) is 6.27. The Morgan fingerprint density at radius 3 is 2.26 bits per heavy atom. The molecule has 2 aromatic rings. The Bertz CT molecular complexity index is 723. The first-order valence-electron chi connectivity index (χ1n) is 7.06. The maximum atomic E-state index is 13.0. The highest BCUT2D eigenvalue weighted by atomic mass is 35.5. The van der Waals surface area contributed by atoms with Crippen molar-refractivity contribution in [2.75, 3.05) is 0 Å². The molecule has 2 aromatic carbocycles. The molecule has 1 N–H and O–H groups in total. The van der Waals surface area contributed by atoms with Gasteiger partial charge in [0.05, 0.1) is 5.92 Å². The van der Waals surface area contributed by atoms with Crippen LogP contribution in [-0.4, -0.2) is 17.4 Å². The van der Waals surface area contributed by atoms with Crippen molar-refractivity contribution in [3.8, 4) is 11.1 Å². The summed E-state index contributed by atoms with van der Waals surface area (Å²) in [6.45, 7) is 0. The summed E-state index contributed by atoms with van der Waals surface area (Å²) in [5.74, 6) is -1.23. The van der Waals surface area contributed by atoms with Gasteiger partial charge in [-0.15, -0.1) is 0 Å². The number of rotatable bonds is 3. The van der Waals surface area contributed by atoms with Crippen LogP contribution in [0.4, 0.5) is 4.39 Å². The molecule has 2 atom stereocenters. The Labute approximate surface area is 142 Å². The predicted octanol–water partition coefficient (Wildman–Crippen LogP) is 4.22. The number of carbonyl (C=O) groups is 1. The third-order valence-electron chi connectivity index (χ3n) is 3.84. The first-order valence-corrected chi connectivity index (χ1v) is 7.82. The molecule has 3 rings (SSSR count). The fourth-order valence-electron chi connectivity index (χ4n) is 2.64. The summed E-state index contributed by atoms with van der Waals surface area (Å²) in [5, 5.41) is 10.2. The van der Waals surface area contributed by atoms with Crippen molar-refractivity contribution in [3.05, 3.63) is 57.8 Å². The van der Waals surface area contributed by atoms with Crippen LogP contribution in [0.1, 0.15) is 12.0 Å². The quantitative estimate of drug-likeness (QED) is 0.839. The van der Waals surface area contributed by atoms with Crippen LogP contribution in [0.5, 0.6) is 0 Å². The lowest BCUT2D eigenvalue weighted by Gasteiger charge is -2.12. The third-order valence-corrected chi connectivity index (χ3v) is 4.52. The van der Waals surface area contributed by atoms with Crippen molar-refractivity contribution in [1.82, 2.24) is 0 Å². The van der Waals surface area contributed by atoms with E-state index in [-0.39, 0.29) is 12.2 Å². The molecule has 0 bridgehead atoms. The van der Waals surface area contributed by atoms with E-state index in [0.29, 0.717) is 22.0 Å². The molecule has 1 saturated heterocycles. The second kappa shape index (κ2) is 6.48. The van der Waals surface area contributed by atoms with Crippen LogP contribution in [0.15, 0.2) is 36.4 Å². The number of esters is 1. The largest absolute Gasteiger partial charge is 0.436 e. The molecule has 0 unspecified atom stereocenters. The van der Waals surface area contributed by atoms with Crippen LogP contribution < -0.4 is 0 Å². The zero-order chi connectivity index (χ0) is 16.6. The van der Waals surface area contributed by atoms with Gasteiger partial charge in [0.25, 0.3) is 0 Å². The molecular formula is C17H13Cl2FO3. The zero-order valence-corrected chi connectivity index (χ0v) is 13.4. The van der Waals surface area contributed by atoms with Gasteiger partial charge >= 0.3 is 5.97 Å². The number of hydrogen-bond donors (Lipinski definition) is 1. The van der Waals surface area contributed by atoms with E-state index < -0.39 is 18.2 Å². The molecule has 0 amide bonds. The van der Waals surface area contributed by atoms with Crippen LogP contribution in [0.3, 0.4) is 0 Å². The van der Waals surface area contributed by atoms with Gasteiger partial charge in [0, 0.05) is 16.5 Å². The predicted molar refractivity (Wildman–Crippen MR) is 85.8 cm³/mol. The lowest BCUT2D eigenvalue weighted by Crippen LogP contribution is -2.11. The number of aliphatic hydroxyl groups excluding tert-OH is 1. The monoisotopic (exact) mass is 354 g/mol. The summed E-state index contributed by atoms with van der Waals surface area (Å²) in [6.07, 6.45) is -0.536. The van der Waals surface area contributed by atoms with Crippen LogP contribution in [0.2, 0.25) is 10.0 Å². The van der Waals surface area contributed by atoms with Crippen LogP contribution in [0.25, 0.3) is 11.1 Å². The van der Waals surface area contributed by atoms with Crippen molar-refractivity contribution < 1.29 is 19.0 Å². The number of carbonyl (C=O) groups excluding carboxylic acids is 1. The zero-order valence-electron chi connectivity index (χ0n) is 11.9. The standard InChI is InChI=1S/C17H13Cl2FO3/c18-14-6-10(9-1-3-12(20)4-2-9)7-15(19)13(14)5-11-8-16(21)23-17(11)22/h1-4,6-7,11,16,21H,5,8H2/t11-,16+/m1/s1. The van der Waals surface area contributed by atoms with Crippen molar-refractivity contribution in [2.24, 2.45) is 5.92 Å². The fourth-order valence-corrected chi connectivity index (χ4v) is 3.28. The summed E-state index contributed by atoms with van der Waals surface area (Å²) in [5.41, 5.74) is 2.19. The third kappa shape index (κ3) is 3.50. The highest BCUT2D eigenvalue weighted by Crippen LogP contribution is 2.35. The summed E-state index contributed by atoms with van der Waals surface area (Å²) >= 11 is 12.6. The van der Waals surface area contributed by atoms with Gasteiger partial charge in [0.15, 0.2) is 0 Å². The minimum Gasteiger partial charge on any atom is -0.436 e. The molecule has 0 radical (unpaired) electrons. The van der Waals surface area contributed by atoms with Gasteiger partial charge in [-0.3, -0.25) is 4.79 Å². The first kappa shape index (κ1) is 16.2. The van der Waals surface area contributed by atoms with Gasteiger partial charge in [0.2, 0.25) is 6.29 Å². The molecule has 0 aromatic heterocycles. The van der Waals surface area contributed by atoms with Crippen LogP contribution >= 0.6 is 23.2 Å². The highest BCUT2D eigenvalue weighted by Gasteiger charge is 2.34.